The van der Waals surface area contributed by atoms with Gasteiger partial charge in [0.15, 0.2) is 5.17 Å². The summed E-state index contributed by atoms with van der Waals surface area (Å²) in [7, 11) is 0. The minimum atomic E-state index is -0.235. The maximum absolute atomic E-state index is 12.5. The predicted octanol–water partition coefficient (Wildman–Crippen LogP) is 6.50. The van der Waals surface area contributed by atoms with Gasteiger partial charge in [0.05, 0.1) is 37.9 Å². The lowest BCUT2D eigenvalue weighted by molar-refractivity contribution is -0.115. The molecular weight excluding hydrogens is 463 g/mol. The topological polar surface area (TPSA) is 67.2 Å². The molecule has 8 heteroatoms. The Morgan fingerprint density at radius 2 is 1.72 bits per heavy atom. The monoisotopic (exact) mass is 476 g/mol. The number of carbonyl (C=O) groups is 1. The van der Waals surface area contributed by atoms with Crippen LogP contribution in [0.15, 0.2) is 82.8 Å². The number of hydrogen-bond donors (Lipinski definition) is 1. The van der Waals surface area contributed by atoms with Crippen LogP contribution in [0.1, 0.15) is 5.56 Å². The predicted molar refractivity (Wildman–Crippen MR) is 132 cm³/mol. The van der Waals surface area contributed by atoms with Crippen molar-refractivity contribution in [3.05, 3.63) is 93.4 Å². The summed E-state index contributed by atoms with van der Waals surface area (Å²) in [5.41, 5.74) is 4.59. The number of carbonyl (C=O) groups excluding carboxylic acids is 1. The minimum absolute atomic E-state index is 0.235. The molecule has 5 nitrogen and oxygen atoms in total. The lowest BCUT2D eigenvalue weighted by Gasteiger charge is -2.04. The number of nitrogens with zero attached hydrogens (tertiary/aromatic N) is 3. The van der Waals surface area contributed by atoms with Crippen molar-refractivity contribution in [1.82, 2.24) is 15.3 Å². The number of amidine groups is 1. The summed E-state index contributed by atoms with van der Waals surface area (Å²) in [6.45, 7) is 0. The molecular formula is C24H14Cl2N4OS. The van der Waals surface area contributed by atoms with E-state index in [-0.39, 0.29) is 5.91 Å². The van der Waals surface area contributed by atoms with Crippen LogP contribution < -0.4 is 5.32 Å². The van der Waals surface area contributed by atoms with Gasteiger partial charge in [-0.15, -0.1) is 0 Å². The van der Waals surface area contributed by atoms with Gasteiger partial charge in [-0.25, -0.2) is 9.98 Å². The molecule has 0 saturated carbocycles. The Morgan fingerprint density at radius 3 is 2.50 bits per heavy atom. The number of rotatable bonds is 3. The molecule has 156 valence electrons. The highest BCUT2D eigenvalue weighted by Crippen LogP contribution is 2.35. The molecule has 1 fully saturated rings. The average Bonchev–Trinajstić information content (AvgIpc) is 3.15. The SMILES string of the molecule is O=C1NC(=Nc2c(Cl)cccc2Cl)S/C1=C\c1ccc2ncc(-c3ccccc3)nc2c1. The summed E-state index contributed by atoms with van der Waals surface area (Å²) < 4.78 is 0. The van der Waals surface area contributed by atoms with E-state index >= 15 is 0 Å². The maximum Gasteiger partial charge on any atom is 0.264 e. The molecule has 1 amide bonds. The lowest BCUT2D eigenvalue weighted by atomic mass is 10.1. The van der Waals surface area contributed by atoms with Crippen LogP contribution in [0.3, 0.4) is 0 Å². The summed E-state index contributed by atoms with van der Waals surface area (Å²) in [6, 6.07) is 20.7. The zero-order valence-electron chi connectivity index (χ0n) is 16.4. The third kappa shape index (κ3) is 4.25. The second kappa shape index (κ2) is 8.74. The Labute approximate surface area is 198 Å². The van der Waals surface area contributed by atoms with Gasteiger partial charge in [-0.1, -0.05) is 65.7 Å². The first kappa shape index (κ1) is 20.7. The highest BCUT2D eigenvalue weighted by Gasteiger charge is 2.24. The van der Waals surface area contributed by atoms with E-state index in [2.05, 4.69) is 15.3 Å². The van der Waals surface area contributed by atoms with Gasteiger partial charge in [-0.2, -0.15) is 0 Å². The first-order chi connectivity index (χ1) is 15.6. The molecule has 32 heavy (non-hydrogen) atoms. The van der Waals surface area contributed by atoms with Gasteiger partial charge < -0.3 is 5.32 Å². The number of para-hydroxylation sites is 1. The van der Waals surface area contributed by atoms with E-state index in [0.29, 0.717) is 25.8 Å². The second-order valence-electron chi connectivity index (χ2n) is 6.92. The molecule has 1 saturated heterocycles. The van der Waals surface area contributed by atoms with Gasteiger partial charge in [-0.3, -0.25) is 9.78 Å². The quantitative estimate of drug-likeness (QED) is 0.342. The fourth-order valence-electron chi connectivity index (χ4n) is 3.20. The number of benzene rings is 3. The first-order valence-electron chi connectivity index (χ1n) is 9.63. The summed E-state index contributed by atoms with van der Waals surface area (Å²) in [4.78, 5) is 26.7. The minimum Gasteiger partial charge on any atom is -0.300 e. The van der Waals surface area contributed by atoms with Crippen LogP contribution in [0.25, 0.3) is 28.4 Å². The third-order valence-corrected chi connectivity index (χ3v) is 6.26. The molecule has 4 aromatic rings. The van der Waals surface area contributed by atoms with Gasteiger partial charge in [0.2, 0.25) is 0 Å². The smallest absolute Gasteiger partial charge is 0.264 e. The number of nitrogens with one attached hydrogen (secondary N) is 1. The van der Waals surface area contributed by atoms with Crippen LogP contribution in [0.5, 0.6) is 0 Å². The van der Waals surface area contributed by atoms with Crippen molar-refractivity contribution in [3.63, 3.8) is 0 Å². The molecule has 0 atom stereocenters. The molecule has 3 aromatic carbocycles. The number of halogens is 2. The molecule has 1 N–H and O–H groups in total. The van der Waals surface area contributed by atoms with Crippen LogP contribution in [0, 0.1) is 0 Å². The summed E-state index contributed by atoms with van der Waals surface area (Å²) >= 11 is 13.6. The number of amides is 1. The van der Waals surface area contributed by atoms with Gasteiger partial charge in [-0.05, 0) is 47.7 Å². The Balaban J connectivity index is 1.46. The normalized spacial score (nSPS) is 16.1. The Bertz CT molecular complexity index is 1400. The highest BCUT2D eigenvalue weighted by molar-refractivity contribution is 8.18. The van der Waals surface area contributed by atoms with Crippen molar-refractivity contribution in [3.8, 4) is 11.3 Å². The number of aliphatic imine (C=N–C) groups is 1. The van der Waals surface area contributed by atoms with Crippen molar-refractivity contribution in [2.75, 3.05) is 0 Å². The van der Waals surface area contributed by atoms with Gasteiger partial charge in [0, 0.05) is 5.56 Å². The number of hydrogen-bond acceptors (Lipinski definition) is 5. The summed E-state index contributed by atoms with van der Waals surface area (Å²) in [5, 5.41) is 4.01. The van der Waals surface area contributed by atoms with E-state index in [1.165, 1.54) is 11.8 Å². The van der Waals surface area contributed by atoms with E-state index < -0.39 is 0 Å². The van der Waals surface area contributed by atoms with E-state index in [1.54, 1.807) is 30.5 Å². The van der Waals surface area contributed by atoms with Crippen molar-refractivity contribution in [2.45, 2.75) is 0 Å². The van der Waals surface area contributed by atoms with Crippen molar-refractivity contribution in [1.29, 1.82) is 0 Å². The maximum atomic E-state index is 12.5. The Morgan fingerprint density at radius 1 is 0.938 bits per heavy atom. The molecule has 1 aromatic heterocycles. The van der Waals surface area contributed by atoms with Crippen LogP contribution in [-0.4, -0.2) is 21.0 Å². The molecule has 1 aliphatic heterocycles. The van der Waals surface area contributed by atoms with Gasteiger partial charge in [0.1, 0.15) is 5.69 Å². The van der Waals surface area contributed by atoms with Crippen LogP contribution >= 0.6 is 35.0 Å². The first-order valence-corrected chi connectivity index (χ1v) is 11.2. The molecule has 0 spiro atoms. The lowest BCUT2D eigenvalue weighted by Crippen LogP contribution is -2.19. The summed E-state index contributed by atoms with van der Waals surface area (Å²) in [5.74, 6) is -0.235. The third-order valence-electron chi connectivity index (χ3n) is 4.74. The van der Waals surface area contributed by atoms with E-state index in [0.717, 1.165) is 27.9 Å². The van der Waals surface area contributed by atoms with Crippen LogP contribution in [-0.2, 0) is 4.79 Å². The highest BCUT2D eigenvalue weighted by atomic mass is 35.5. The Kier molecular flexibility index (Phi) is 5.66. The number of thioether (sulfide) groups is 1. The standard InChI is InChI=1S/C24H14Cl2N4OS/c25-16-7-4-8-17(26)22(16)29-24-30-23(31)21(32-24)12-14-9-10-18-19(11-14)28-20(13-27-18)15-5-2-1-3-6-15/h1-13H,(H,29,30,31)/b21-12-. The number of fused-ring (bicyclic) bond motifs is 1. The fraction of sp³-hybridized carbons (Fsp3) is 0. The van der Waals surface area contributed by atoms with Gasteiger partial charge >= 0.3 is 0 Å². The van der Waals surface area contributed by atoms with E-state index in [9.17, 15) is 4.79 Å². The molecule has 0 radical (unpaired) electrons. The van der Waals surface area contributed by atoms with Crippen molar-refractivity contribution < 1.29 is 4.79 Å². The van der Waals surface area contributed by atoms with E-state index in [4.69, 9.17) is 28.2 Å². The molecule has 0 aliphatic carbocycles. The fourth-order valence-corrected chi connectivity index (χ4v) is 4.51. The molecule has 2 heterocycles. The summed E-state index contributed by atoms with van der Waals surface area (Å²) in [6.07, 6.45) is 3.56. The van der Waals surface area contributed by atoms with E-state index in [1.807, 2.05) is 48.5 Å². The zero-order valence-corrected chi connectivity index (χ0v) is 18.7. The zero-order chi connectivity index (χ0) is 22.1. The second-order valence-corrected chi connectivity index (χ2v) is 8.77. The molecule has 5 rings (SSSR count). The Hall–Kier alpha value is -3.19. The number of aromatic nitrogens is 2. The molecule has 1 aliphatic rings. The van der Waals surface area contributed by atoms with Crippen LogP contribution in [0.2, 0.25) is 10.0 Å². The van der Waals surface area contributed by atoms with Crippen molar-refractivity contribution >= 4 is 68.8 Å². The molecule has 0 unspecified atom stereocenters. The average molecular weight is 477 g/mol. The van der Waals surface area contributed by atoms with Gasteiger partial charge in [0.25, 0.3) is 5.91 Å². The van der Waals surface area contributed by atoms with Crippen molar-refractivity contribution in [2.24, 2.45) is 4.99 Å². The van der Waals surface area contributed by atoms with Crippen LogP contribution in [0.4, 0.5) is 5.69 Å². The molecule has 0 bridgehead atoms. The largest absolute Gasteiger partial charge is 0.300 e.